The summed E-state index contributed by atoms with van der Waals surface area (Å²) >= 11 is 3.38. The third-order valence-corrected chi connectivity index (χ3v) is 2.81. The molecule has 0 bridgehead atoms. The van der Waals surface area contributed by atoms with Gasteiger partial charge in [0.2, 0.25) is 6.08 Å². The lowest BCUT2D eigenvalue weighted by Gasteiger charge is -2.04. The molecule has 0 unspecified atom stereocenters. The molecule has 2 rings (SSSR count). The van der Waals surface area contributed by atoms with E-state index in [4.69, 9.17) is 0 Å². The van der Waals surface area contributed by atoms with Gasteiger partial charge >= 0.3 is 0 Å². The summed E-state index contributed by atoms with van der Waals surface area (Å²) in [6.45, 7) is 0.151. The van der Waals surface area contributed by atoms with Crippen LogP contribution in [0.4, 0.5) is 0 Å². The molecule has 4 heteroatoms. The van der Waals surface area contributed by atoms with Gasteiger partial charge in [-0.3, -0.25) is 0 Å². The van der Waals surface area contributed by atoms with Gasteiger partial charge in [0.25, 0.3) is 0 Å². The first kappa shape index (κ1) is 10.9. The number of isocyanates is 1. The predicted octanol–water partition coefficient (Wildman–Crippen LogP) is 3.14. The molecule has 0 amide bonds. The Labute approximate surface area is 101 Å². The number of hydrogen-bond acceptors (Lipinski definition) is 3. The lowest BCUT2D eigenvalue weighted by molar-refractivity contribution is 0.469. The van der Waals surface area contributed by atoms with E-state index in [1.807, 2.05) is 24.3 Å². The molecule has 2 aromatic rings. The van der Waals surface area contributed by atoms with Crippen LogP contribution in [0.15, 0.2) is 39.8 Å². The van der Waals surface area contributed by atoms with Crippen LogP contribution in [0.25, 0.3) is 10.8 Å². The van der Waals surface area contributed by atoms with Crippen molar-refractivity contribution < 1.29 is 9.90 Å². The van der Waals surface area contributed by atoms with E-state index in [2.05, 4.69) is 20.9 Å². The van der Waals surface area contributed by atoms with Crippen LogP contribution in [0.2, 0.25) is 0 Å². The monoisotopic (exact) mass is 277 g/mol. The summed E-state index contributed by atoms with van der Waals surface area (Å²) in [5.74, 6) is 0.147. The van der Waals surface area contributed by atoms with E-state index in [-0.39, 0.29) is 12.3 Å². The molecule has 1 N–H and O–H groups in total. The molecule has 0 saturated heterocycles. The van der Waals surface area contributed by atoms with Crippen molar-refractivity contribution in [3.63, 3.8) is 0 Å². The number of aromatic hydroxyl groups is 1. The van der Waals surface area contributed by atoms with Crippen LogP contribution in [-0.2, 0) is 11.3 Å². The Morgan fingerprint density at radius 2 is 2.06 bits per heavy atom. The summed E-state index contributed by atoms with van der Waals surface area (Å²) in [6, 6.07) is 9.24. The van der Waals surface area contributed by atoms with E-state index in [1.54, 1.807) is 6.07 Å². The van der Waals surface area contributed by atoms with Crippen LogP contribution in [0.5, 0.6) is 5.75 Å². The average molecular weight is 278 g/mol. The van der Waals surface area contributed by atoms with E-state index >= 15 is 0 Å². The molecule has 0 aliphatic heterocycles. The van der Waals surface area contributed by atoms with Crippen molar-refractivity contribution in [3.05, 3.63) is 40.4 Å². The van der Waals surface area contributed by atoms with Crippen LogP contribution < -0.4 is 0 Å². The molecule has 3 nitrogen and oxygen atoms in total. The number of hydrogen-bond donors (Lipinski definition) is 1. The van der Waals surface area contributed by atoms with Crippen LogP contribution in [0, 0.1) is 0 Å². The Morgan fingerprint density at radius 1 is 1.25 bits per heavy atom. The number of halogens is 1. The summed E-state index contributed by atoms with van der Waals surface area (Å²) in [5.41, 5.74) is 0.619. The summed E-state index contributed by atoms with van der Waals surface area (Å²) < 4.78 is 0.968. The number of aliphatic imine (C=N–C) groups is 1. The van der Waals surface area contributed by atoms with Gasteiger partial charge in [-0.25, -0.2) is 9.79 Å². The van der Waals surface area contributed by atoms with Crippen LogP contribution >= 0.6 is 15.9 Å². The second-order valence-corrected chi connectivity index (χ2v) is 4.30. The van der Waals surface area contributed by atoms with Crippen molar-refractivity contribution in [2.24, 2.45) is 4.99 Å². The molecule has 0 aromatic heterocycles. The van der Waals surface area contributed by atoms with Gasteiger partial charge in [0.15, 0.2) is 0 Å². The minimum absolute atomic E-state index is 0.147. The minimum Gasteiger partial charge on any atom is -0.508 e. The molecule has 0 fully saturated rings. The fraction of sp³-hybridized carbons (Fsp3) is 0.0833. The second-order valence-electron chi connectivity index (χ2n) is 3.38. The minimum atomic E-state index is 0.147. The van der Waals surface area contributed by atoms with Crippen molar-refractivity contribution in [2.45, 2.75) is 6.54 Å². The Kier molecular flexibility index (Phi) is 3.04. The SMILES string of the molecule is O=C=NCc1cc2cc(Br)ccc2cc1O. The Morgan fingerprint density at radius 3 is 2.81 bits per heavy atom. The maximum atomic E-state index is 10.0. The van der Waals surface area contributed by atoms with Gasteiger partial charge in [0, 0.05) is 10.0 Å². The lowest BCUT2D eigenvalue weighted by atomic mass is 10.1. The van der Waals surface area contributed by atoms with Crippen molar-refractivity contribution in [1.82, 2.24) is 0 Å². The number of carbonyl (C=O) groups excluding carboxylic acids is 1. The van der Waals surface area contributed by atoms with Gasteiger partial charge in [0.1, 0.15) is 5.75 Å². The van der Waals surface area contributed by atoms with E-state index in [0.29, 0.717) is 5.56 Å². The Bertz CT molecular complexity index is 589. The highest BCUT2D eigenvalue weighted by Crippen LogP contribution is 2.27. The van der Waals surface area contributed by atoms with E-state index in [1.165, 1.54) is 6.08 Å². The summed E-state index contributed by atoms with van der Waals surface area (Å²) in [5, 5.41) is 11.6. The number of phenolic OH excluding ortho intramolecular Hbond substituents is 1. The van der Waals surface area contributed by atoms with Crippen molar-refractivity contribution in [1.29, 1.82) is 0 Å². The van der Waals surface area contributed by atoms with Gasteiger partial charge in [0.05, 0.1) is 6.54 Å². The number of phenols is 1. The predicted molar refractivity (Wildman–Crippen MR) is 65.1 cm³/mol. The fourth-order valence-corrected chi connectivity index (χ4v) is 1.93. The van der Waals surface area contributed by atoms with Gasteiger partial charge in [-0.2, -0.15) is 0 Å². The third kappa shape index (κ3) is 2.13. The van der Waals surface area contributed by atoms with Gasteiger partial charge in [-0.15, -0.1) is 0 Å². The molecule has 0 saturated carbocycles. The maximum Gasteiger partial charge on any atom is 0.235 e. The molecule has 0 heterocycles. The Balaban J connectivity index is 2.59. The second kappa shape index (κ2) is 4.47. The highest BCUT2D eigenvalue weighted by molar-refractivity contribution is 9.10. The number of rotatable bonds is 2. The van der Waals surface area contributed by atoms with Gasteiger partial charge in [-0.05, 0) is 35.0 Å². The highest BCUT2D eigenvalue weighted by atomic mass is 79.9. The normalized spacial score (nSPS) is 10.1. The smallest absolute Gasteiger partial charge is 0.235 e. The van der Waals surface area contributed by atoms with Gasteiger partial charge in [-0.1, -0.05) is 22.0 Å². The zero-order valence-corrected chi connectivity index (χ0v) is 9.86. The first-order chi connectivity index (χ1) is 7.70. The van der Waals surface area contributed by atoms with E-state index < -0.39 is 0 Å². The first-order valence-electron chi connectivity index (χ1n) is 4.65. The molecule has 16 heavy (non-hydrogen) atoms. The number of benzene rings is 2. The lowest BCUT2D eigenvalue weighted by Crippen LogP contribution is -1.84. The molecule has 80 valence electrons. The number of fused-ring (bicyclic) bond motifs is 1. The van der Waals surface area contributed by atoms with Crippen LogP contribution in [0.1, 0.15) is 5.56 Å². The average Bonchev–Trinajstić information content (AvgIpc) is 2.27. The zero-order valence-electron chi connectivity index (χ0n) is 8.27. The van der Waals surface area contributed by atoms with Crippen molar-refractivity contribution >= 4 is 32.8 Å². The standard InChI is InChI=1S/C12H8BrNO2/c13-11-2-1-8-5-12(16)10(6-14-7-15)3-9(8)4-11/h1-5,16H,6H2. The third-order valence-electron chi connectivity index (χ3n) is 2.31. The van der Waals surface area contributed by atoms with Crippen molar-refractivity contribution in [3.8, 4) is 5.75 Å². The quantitative estimate of drug-likeness (QED) is 0.677. The summed E-state index contributed by atoms with van der Waals surface area (Å²) in [4.78, 5) is 13.5. The van der Waals surface area contributed by atoms with E-state index in [0.717, 1.165) is 15.2 Å². The molecule has 0 aliphatic carbocycles. The topological polar surface area (TPSA) is 49.7 Å². The fourth-order valence-electron chi connectivity index (χ4n) is 1.55. The molecule has 0 aliphatic rings. The molecule has 0 spiro atoms. The molecular formula is C12H8BrNO2. The zero-order chi connectivity index (χ0) is 11.5. The van der Waals surface area contributed by atoms with Gasteiger partial charge < -0.3 is 5.11 Å². The molecule has 0 radical (unpaired) electrons. The molecular weight excluding hydrogens is 270 g/mol. The van der Waals surface area contributed by atoms with Crippen LogP contribution in [-0.4, -0.2) is 11.2 Å². The van der Waals surface area contributed by atoms with Crippen LogP contribution in [0.3, 0.4) is 0 Å². The summed E-state index contributed by atoms with van der Waals surface area (Å²) in [6.07, 6.45) is 1.46. The first-order valence-corrected chi connectivity index (χ1v) is 5.45. The summed E-state index contributed by atoms with van der Waals surface area (Å²) in [7, 11) is 0. The number of nitrogens with zero attached hydrogens (tertiary/aromatic N) is 1. The molecule has 2 aromatic carbocycles. The highest BCUT2D eigenvalue weighted by Gasteiger charge is 2.03. The maximum absolute atomic E-state index is 10.0. The largest absolute Gasteiger partial charge is 0.508 e. The Hall–Kier alpha value is -1.64. The molecule has 0 atom stereocenters. The van der Waals surface area contributed by atoms with Crippen molar-refractivity contribution in [2.75, 3.05) is 0 Å². The van der Waals surface area contributed by atoms with E-state index in [9.17, 15) is 9.90 Å².